The Morgan fingerprint density at radius 2 is 1.92 bits per heavy atom. The number of rotatable bonds is 5. The predicted octanol–water partition coefficient (Wildman–Crippen LogP) is 3.97. The van der Waals surface area contributed by atoms with Crippen LogP contribution in [0.2, 0.25) is 0 Å². The number of carboxylic acids is 1. The molecule has 0 fully saturated rings. The quantitative estimate of drug-likeness (QED) is 0.745. The normalized spacial score (nSPS) is 10.6. The summed E-state index contributed by atoms with van der Waals surface area (Å²) in [5, 5.41) is 15.7. The third-order valence-corrected chi connectivity index (χ3v) is 3.73. The maximum Gasteiger partial charge on any atom is 0.353 e. The van der Waals surface area contributed by atoms with E-state index < -0.39 is 5.97 Å². The molecule has 5 nitrogen and oxygen atoms in total. The van der Waals surface area contributed by atoms with E-state index in [0.717, 1.165) is 22.3 Å². The first-order valence-corrected chi connectivity index (χ1v) is 7.61. The summed E-state index contributed by atoms with van der Waals surface area (Å²) in [5.74, 6) is -0.322. The maximum atomic E-state index is 11.1. The zero-order chi connectivity index (χ0) is 17.1. The molecule has 3 rings (SSSR count). The fraction of sp³-hybridized carbons (Fsp3) is 0.158. The van der Waals surface area contributed by atoms with Crippen LogP contribution < -0.4 is 4.74 Å². The molecule has 0 radical (unpaired) electrons. The number of nitrogens with zero attached hydrogens (tertiary/aromatic N) is 1. The number of carbonyl (C=O) groups is 1. The molecule has 5 heteroatoms. The van der Waals surface area contributed by atoms with Gasteiger partial charge in [0, 0.05) is 5.56 Å². The fourth-order valence-electron chi connectivity index (χ4n) is 2.64. The highest BCUT2D eigenvalue weighted by Crippen LogP contribution is 2.34. The van der Waals surface area contributed by atoms with Crippen molar-refractivity contribution in [2.75, 3.05) is 0 Å². The van der Waals surface area contributed by atoms with Gasteiger partial charge in [0.25, 0.3) is 0 Å². The van der Waals surface area contributed by atoms with Crippen molar-refractivity contribution in [3.63, 3.8) is 0 Å². The van der Waals surface area contributed by atoms with Crippen LogP contribution in [0.25, 0.3) is 11.3 Å². The Morgan fingerprint density at radius 3 is 2.58 bits per heavy atom. The van der Waals surface area contributed by atoms with Crippen molar-refractivity contribution in [1.29, 1.82) is 0 Å². The zero-order valence-electron chi connectivity index (χ0n) is 13.5. The lowest BCUT2D eigenvalue weighted by molar-refractivity contribution is 0.0690. The maximum absolute atomic E-state index is 11.1. The molecule has 1 heterocycles. The Kier molecular flexibility index (Phi) is 4.33. The van der Waals surface area contributed by atoms with Crippen LogP contribution in [-0.4, -0.2) is 21.3 Å². The number of ether oxygens (including phenoxy) is 1. The summed E-state index contributed by atoms with van der Waals surface area (Å²) >= 11 is 0. The van der Waals surface area contributed by atoms with Gasteiger partial charge in [-0.25, -0.2) is 4.79 Å². The van der Waals surface area contributed by atoms with Crippen LogP contribution in [0.3, 0.4) is 0 Å². The highest BCUT2D eigenvalue weighted by Gasteiger charge is 2.16. The van der Waals surface area contributed by atoms with E-state index in [1.165, 1.54) is 6.07 Å². The van der Waals surface area contributed by atoms with Crippen molar-refractivity contribution >= 4 is 5.97 Å². The number of aromatic carboxylic acids is 1. The Labute approximate surface area is 139 Å². The SMILES string of the molecule is Cc1cc(C)c(OCc2ccccc2)c(-c2cc(C(=O)O)[nH]n2)c1. The van der Waals surface area contributed by atoms with Gasteiger partial charge in [0.05, 0.1) is 5.69 Å². The van der Waals surface area contributed by atoms with E-state index in [1.54, 1.807) is 0 Å². The molecule has 0 spiro atoms. The molecule has 0 aliphatic heterocycles. The number of hydrogen-bond acceptors (Lipinski definition) is 3. The van der Waals surface area contributed by atoms with Crippen molar-refractivity contribution in [2.24, 2.45) is 0 Å². The summed E-state index contributed by atoms with van der Waals surface area (Å²) < 4.78 is 6.03. The minimum atomic E-state index is -1.04. The number of hydrogen-bond donors (Lipinski definition) is 2. The van der Waals surface area contributed by atoms with Gasteiger partial charge in [0.1, 0.15) is 18.1 Å². The van der Waals surface area contributed by atoms with E-state index >= 15 is 0 Å². The molecule has 0 saturated carbocycles. The molecule has 0 amide bonds. The summed E-state index contributed by atoms with van der Waals surface area (Å²) in [5.41, 5.74) is 4.51. The van der Waals surface area contributed by atoms with Crippen molar-refractivity contribution in [1.82, 2.24) is 10.2 Å². The highest BCUT2D eigenvalue weighted by molar-refractivity contribution is 5.87. The molecule has 0 saturated heterocycles. The zero-order valence-corrected chi connectivity index (χ0v) is 13.5. The molecule has 0 aliphatic carbocycles. The van der Waals surface area contributed by atoms with E-state index in [1.807, 2.05) is 56.3 Å². The van der Waals surface area contributed by atoms with Crippen molar-refractivity contribution < 1.29 is 14.6 Å². The Bertz CT molecular complexity index is 870. The van der Waals surface area contributed by atoms with E-state index in [9.17, 15) is 4.79 Å². The molecular weight excluding hydrogens is 304 g/mol. The standard InChI is InChI=1S/C19H18N2O3/c1-12-8-13(2)18(24-11-14-6-4-3-5-7-14)15(9-12)16-10-17(19(22)23)21-20-16/h3-10H,11H2,1-2H3,(H,20,21)(H,22,23). The van der Waals surface area contributed by atoms with Gasteiger partial charge in [-0.15, -0.1) is 0 Å². The van der Waals surface area contributed by atoms with E-state index in [0.29, 0.717) is 18.1 Å². The van der Waals surface area contributed by atoms with Gasteiger partial charge >= 0.3 is 5.97 Å². The van der Waals surface area contributed by atoms with Crippen LogP contribution in [0, 0.1) is 13.8 Å². The second-order valence-corrected chi connectivity index (χ2v) is 5.70. The molecule has 0 bridgehead atoms. The fourth-order valence-corrected chi connectivity index (χ4v) is 2.64. The summed E-state index contributed by atoms with van der Waals surface area (Å²) in [6, 6.07) is 15.4. The number of H-pyrrole nitrogens is 1. The van der Waals surface area contributed by atoms with Gasteiger partial charge < -0.3 is 9.84 Å². The lowest BCUT2D eigenvalue weighted by atomic mass is 10.0. The number of aromatic nitrogens is 2. The smallest absolute Gasteiger partial charge is 0.353 e. The Morgan fingerprint density at radius 1 is 1.17 bits per heavy atom. The molecule has 0 unspecified atom stereocenters. The number of carboxylic acid groups (broad SMARTS) is 1. The Balaban J connectivity index is 1.96. The predicted molar refractivity (Wildman–Crippen MR) is 91.2 cm³/mol. The summed E-state index contributed by atoms with van der Waals surface area (Å²) in [6.07, 6.45) is 0. The van der Waals surface area contributed by atoms with Crippen LogP contribution in [0.4, 0.5) is 0 Å². The van der Waals surface area contributed by atoms with Crippen LogP contribution in [-0.2, 0) is 6.61 Å². The number of aryl methyl sites for hydroxylation is 2. The second-order valence-electron chi connectivity index (χ2n) is 5.70. The van der Waals surface area contributed by atoms with Crippen molar-refractivity contribution in [2.45, 2.75) is 20.5 Å². The van der Waals surface area contributed by atoms with Gasteiger partial charge in [-0.2, -0.15) is 5.10 Å². The van der Waals surface area contributed by atoms with Crippen LogP contribution in [0.1, 0.15) is 27.2 Å². The first kappa shape index (κ1) is 15.8. The third kappa shape index (κ3) is 3.30. The topological polar surface area (TPSA) is 75.2 Å². The molecule has 24 heavy (non-hydrogen) atoms. The van der Waals surface area contributed by atoms with Crippen molar-refractivity contribution in [3.8, 4) is 17.0 Å². The molecule has 122 valence electrons. The summed E-state index contributed by atoms with van der Waals surface area (Å²) in [4.78, 5) is 11.1. The molecular formula is C19H18N2O3. The molecule has 3 aromatic rings. The minimum absolute atomic E-state index is 0.0539. The highest BCUT2D eigenvalue weighted by atomic mass is 16.5. The number of benzene rings is 2. The average molecular weight is 322 g/mol. The summed E-state index contributed by atoms with van der Waals surface area (Å²) in [6.45, 7) is 4.40. The number of nitrogens with one attached hydrogen (secondary N) is 1. The van der Waals surface area contributed by atoms with Crippen LogP contribution >= 0.6 is 0 Å². The van der Waals surface area contributed by atoms with Crippen molar-refractivity contribution in [3.05, 3.63) is 70.9 Å². The molecule has 0 atom stereocenters. The van der Waals surface area contributed by atoms with Gasteiger partial charge in [0.15, 0.2) is 0 Å². The second kappa shape index (κ2) is 6.58. The van der Waals surface area contributed by atoms with Crippen LogP contribution in [0.15, 0.2) is 48.5 Å². The Hall–Kier alpha value is -3.08. The van der Waals surface area contributed by atoms with E-state index in [4.69, 9.17) is 9.84 Å². The molecule has 2 aromatic carbocycles. The minimum Gasteiger partial charge on any atom is -0.488 e. The van der Waals surface area contributed by atoms with E-state index in [2.05, 4.69) is 10.2 Å². The van der Waals surface area contributed by atoms with E-state index in [-0.39, 0.29) is 5.69 Å². The largest absolute Gasteiger partial charge is 0.488 e. The summed E-state index contributed by atoms with van der Waals surface area (Å²) in [7, 11) is 0. The molecule has 2 N–H and O–H groups in total. The van der Waals surface area contributed by atoms with Gasteiger partial charge in [0.2, 0.25) is 0 Å². The monoisotopic (exact) mass is 322 g/mol. The lowest BCUT2D eigenvalue weighted by Gasteiger charge is -2.14. The number of aromatic amines is 1. The lowest BCUT2D eigenvalue weighted by Crippen LogP contribution is -1.99. The third-order valence-electron chi connectivity index (χ3n) is 3.73. The first-order chi connectivity index (χ1) is 11.5. The van der Waals surface area contributed by atoms with Gasteiger partial charge in [-0.05, 0) is 42.7 Å². The van der Waals surface area contributed by atoms with Gasteiger partial charge in [-0.1, -0.05) is 36.4 Å². The molecule has 1 aromatic heterocycles. The van der Waals surface area contributed by atoms with Gasteiger partial charge in [-0.3, -0.25) is 5.10 Å². The van der Waals surface area contributed by atoms with Crippen LogP contribution in [0.5, 0.6) is 5.75 Å². The first-order valence-electron chi connectivity index (χ1n) is 7.61. The average Bonchev–Trinajstić information content (AvgIpc) is 3.04. The molecule has 0 aliphatic rings.